The van der Waals surface area contributed by atoms with Crippen LogP contribution in [0.4, 0.5) is 5.69 Å². The topological polar surface area (TPSA) is 35.6 Å². The lowest BCUT2D eigenvalue weighted by Gasteiger charge is -2.38. The van der Waals surface area contributed by atoms with Gasteiger partial charge in [-0.3, -0.25) is 4.79 Å². The predicted octanol–water partition coefficient (Wildman–Crippen LogP) is 4.17. The van der Waals surface area contributed by atoms with Gasteiger partial charge in [0.25, 0.3) is 0 Å². The van der Waals surface area contributed by atoms with Crippen LogP contribution < -0.4 is 10.2 Å². The second-order valence-electron chi connectivity index (χ2n) is 7.59. The minimum Gasteiger partial charge on any atom is -0.368 e. The van der Waals surface area contributed by atoms with E-state index in [-0.39, 0.29) is 24.8 Å². The molecule has 154 valence electrons. The van der Waals surface area contributed by atoms with Crippen molar-refractivity contribution in [3.63, 3.8) is 0 Å². The Kier molecular flexibility index (Phi) is 10.2. The third-order valence-corrected chi connectivity index (χ3v) is 6.02. The van der Waals surface area contributed by atoms with Gasteiger partial charge in [-0.2, -0.15) is 0 Å². The summed E-state index contributed by atoms with van der Waals surface area (Å²) in [6.07, 6.45) is 3.17. The molecule has 0 aliphatic carbocycles. The van der Waals surface area contributed by atoms with Crippen LogP contribution in [0.2, 0.25) is 5.02 Å². The summed E-state index contributed by atoms with van der Waals surface area (Å²) in [6.45, 7) is 9.92. The van der Waals surface area contributed by atoms with Gasteiger partial charge in [-0.25, -0.2) is 0 Å². The fraction of sp³-hybridized carbons (Fsp3) is 0.650. The molecule has 7 heteroatoms. The number of amides is 1. The Balaban J connectivity index is 0.00000182. The van der Waals surface area contributed by atoms with Gasteiger partial charge < -0.3 is 15.1 Å². The molecule has 0 saturated carbocycles. The summed E-state index contributed by atoms with van der Waals surface area (Å²) in [5, 5.41) is 4.23. The quantitative estimate of drug-likeness (QED) is 0.769. The Hall–Kier alpha value is -0.680. The Morgan fingerprint density at radius 2 is 1.96 bits per heavy atom. The number of benzene rings is 1. The van der Waals surface area contributed by atoms with Gasteiger partial charge in [-0.15, -0.1) is 24.8 Å². The first-order chi connectivity index (χ1) is 12.0. The van der Waals surface area contributed by atoms with Crippen LogP contribution >= 0.6 is 36.4 Å². The highest BCUT2D eigenvalue weighted by Crippen LogP contribution is 2.26. The molecule has 3 rings (SSSR count). The Morgan fingerprint density at radius 1 is 1.26 bits per heavy atom. The highest BCUT2D eigenvalue weighted by molar-refractivity contribution is 6.30. The van der Waals surface area contributed by atoms with E-state index in [0.29, 0.717) is 24.2 Å². The third kappa shape index (κ3) is 6.42. The Morgan fingerprint density at radius 3 is 2.59 bits per heavy atom. The van der Waals surface area contributed by atoms with Crippen molar-refractivity contribution in [2.45, 2.75) is 33.1 Å². The summed E-state index contributed by atoms with van der Waals surface area (Å²) in [5.41, 5.74) is 2.43. The molecule has 2 aliphatic rings. The molecule has 27 heavy (non-hydrogen) atoms. The van der Waals surface area contributed by atoms with Crippen molar-refractivity contribution in [3.05, 3.63) is 28.8 Å². The standard InChI is InChI=1S/C20H30ClN3O.2ClH/c1-15-5-6-18(21)13-19(15)23-8-10-24(11-9-23)20(25)12-16(2)17-4-3-7-22-14-17;;/h5-6,13,16-17,22H,3-4,7-12,14H2,1-2H3;2*1H. The molecule has 2 unspecified atom stereocenters. The van der Waals surface area contributed by atoms with Crippen molar-refractivity contribution in [1.82, 2.24) is 10.2 Å². The number of hydrogen-bond donors (Lipinski definition) is 1. The summed E-state index contributed by atoms with van der Waals surface area (Å²) < 4.78 is 0. The SMILES string of the molecule is Cc1ccc(Cl)cc1N1CCN(C(=O)CC(C)C2CCCNC2)CC1.Cl.Cl. The predicted molar refractivity (Wildman–Crippen MR) is 119 cm³/mol. The number of aryl methyl sites for hydroxylation is 1. The maximum atomic E-state index is 12.7. The Labute approximate surface area is 180 Å². The first-order valence-corrected chi connectivity index (χ1v) is 9.92. The lowest BCUT2D eigenvalue weighted by atomic mass is 9.85. The van der Waals surface area contributed by atoms with Crippen molar-refractivity contribution in [2.75, 3.05) is 44.2 Å². The lowest BCUT2D eigenvalue weighted by molar-refractivity contribution is -0.132. The number of nitrogens with one attached hydrogen (secondary N) is 1. The van der Waals surface area contributed by atoms with Crippen LogP contribution in [0.5, 0.6) is 0 Å². The van der Waals surface area contributed by atoms with Gasteiger partial charge in [-0.1, -0.05) is 24.6 Å². The van der Waals surface area contributed by atoms with Crippen LogP contribution in [0.25, 0.3) is 0 Å². The van der Waals surface area contributed by atoms with Crippen molar-refractivity contribution in [1.29, 1.82) is 0 Å². The second-order valence-corrected chi connectivity index (χ2v) is 8.02. The molecule has 4 nitrogen and oxygen atoms in total. The van der Waals surface area contributed by atoms with Crippen LogP contribution in [-0.2, 0) is 4.79 Å². The third-order valence-electron chi connectivity index (χ3n) is 5.78. The first-order valence-electron chi connectivity index (χ1n) is 9.54. The van der Waals surface area contributed by atoms with Gasteiger partial charge in [0.15, 0.2) is 0 Å². The fourth-order valence-electron chi connectivity index (χ4n) is 4.06. The van der Waals surface area contributed by atoms with E-state index in [0.717, 1.165) is 44.3 Å². The molecule has 2 heterocycles. The summed E-state index contributed by atoms with van der Waals surface area (Å²) in [5.74, 6) is 1.43. The van der Waals surface area contributed by atoms with Crippen molar-refractivity contribution < 1.29 is 4.79 Å². The second kappa shape index (κ2) is 11.4. The summed E-state index contributed by atoms with van der Waals surface area (Å²) in [6, 6.07) is 6.03. The van der Waals surface area contributed by atoms with Crippen LogP contribution in [-0.4, -0.2) is 50.1 Å². The fourth-order valence-corrected chi connectivity index (χ4v) is 4.22. The number of nitrogens with zero attached hydrogens (tertiary/aromatic N) is 2. The number of carbonyl (C=O) groups excluding carboxylic acids is 1. The van der Waals surface area contributed by atoms with E-state index in [1.165, 1.54) is 24.1 Å². The number of hydrogen-bond acceptors (Lipinski definition) is 3. The zero-order valence-electron chi connectivity index (χ0n) is 16.2. The van der Waals surface area contributed by atoms with E-state index < -0.39 is 0 Å². The van der Waals surface area contributed by atoms with Gasteiger partial charge in [0.1, 0.15) is 0 Å². The number of piperazine rings is 1. The van der Waals surface area contributed by atoms with Crippen LogP contribution in [0.1, 0.15) is 31.7 Å². The molecular weight excluding hydrogens is 405 g/mol. The first kappa shape index (κ1) is 24.4. The van der Waals surface area contributed by atoms with Gasteiger partial charge in [0.2, 0.25) is 5.91 Å². The van der Waals surface area contributed by atoms with Crippen LogP contribution in [0, 0.1) is 18.8 Å². The van der Waals surface area contributed by atoms with E-state index in [2.05, 4.69) is 30.1 Å². The van der Waals surface area contributed by atoms with E-state index in [9.17, 15) is 4.79 Å². The summed E-state index contributed by atoms with van der Waals surface area (Å²) in [4.78, 5) is 17.1. The van der Waals surface area contributed by atoms with E-state index in [4.69, 9.17) is 11.6 Å². The van der Waals surface area contributed by atoms with Crippen LogP contribution in [0.3, 0.4) is 0 Å². The van der Waals surface area contributed by atoms with E-state index in [1.807, 2.05) is 17.0 Å². The summed E-state index contributed by atoms with van der Waals surface area (Å²) in [7, 11) is 0. The number of rotatable bonds is 4. The monoisotopic (exact) mass is 435 g/mol. The van der Waals surface area contributed by atoms with Gasteiger partial charge >= 0.3 is 0 Å². The minimum atomic E-state index is 0. The number of piperidine rings is 1. The molecule has 1 aromatic carbocycles. The average molecular weight is 437 g/mol. The van der Waals surface area contributed by atoms with E-state index in [1.54, 1.807) is 0 Å². The molecule has 2 saturated heterocycles. The molecule has 0 spiro atoms. The average Bonchev–Trinajstić information content (AvgIpc) is 2.64. The maximum Gasteiger partial charge on any atom is 0.222 e. The zero-order chi connectivity index (χ0) is 17.8. The van der Waals surface area contributed by atoms with Gasteiger partial charge in [0, 0.05) is 43.3 Å². The normalized spacial score (nSPS) is 21.1. The number of carbonyl (C=O) groups is 1. The van der Waals surface area contributed by atoms with Gasteiger partial charge in [0.05, 0.1) is 0 Å². The minimum absolute atomic E-state index is 0. The molecule has 2 fully saturated rings. The Bertz CT molecular complexity index is 600. The molecule has 1 N–H and O–H groups in total. The van der Waals surface area contributed by atoms with Crippen molar-refractivity contribution in [3.8, 4) is 0 Å². The molecule has 0 bridgehead atoms. The molecule has 0 aromatic heterocycles. The highest BCUT2D eigenvalue weighted by atomic mass is 35.5. The summed E-state index contributed by atoms with van der Waals surface area (Å²) >= 11 is 6.15. The number of halogens is 3. The van der Waals surface area contributed by atoms with Gasteiger partial charge in [-0.05, 0) is 62.4 Å². The largest absolute Gasteiger partial charge is 0.368 e. The zero-order valence-corrected chi connectivity index (χ0v) is 18.6. The van der Waals surface area contributed by atoms with Crippen LogP contribution in [0.15, 0.2) is 18.2 Å². The van der Waals surface area contributed by atoms with E-state index >= 15 is 0 Å². The molecule has 2 aliphatic heterocycles. The number of anilines is 1. The lowest BCUT2D eigenvalue weighted by Crippen LogP contribution is -2.49. The smallest absolute Gasteiger partial charge is 0.222 e. The maximum absolute atomic E-state index is 12.7. The highest BCUT2D eigenvalue weighted by Gasteiger charge is 2.26. The molecule has 1 aromatic rings. The molecule has 0 radical (unpaired) electrons. The molecule has 2 atom stereocenters. The van der Waals surface area contributed by atoms with Crippen molar-refractivity contribution >= 4 is 48.0 Å². The molecule has 1 amide bonds. The van der Waals surface area contributed by atoms with Crippen molar-refractivity contribution in [2.24, 2.45) is 11.8 Å². The molecular formula is C20H32Cl3N3O.